The van der Waals surface area contributed by atoms with E-state index in [1.54, 1.807) is 18.2 Å². The topological polar surface area (TPSA) is 64.7 Å². The molecule has 0 unspecified atom stereocenters. The van der Waals surface area contributed by atoms with Crippen LogP contribution in [0.15, 0.2) is 40.9 Å². The van der Waals surface area contributed by atoms with E-state index in [2.05, 4.69) is 5.16 Å². The normalized spacial score (nSPS) is 10.8. The summed E-state index contributed by atoms with van der Waals surface area (Å²) in [6.07, 6.45) is 0. The van der Waals surface area contributed by atoms with Crippen molar-refractivity contribution in [1.29, 1.82) is 0 Å². The number of para-hydroxylation sites is 1. The number of methoxy groups -OCH3 is 2. The first-order valence-electron chi connectivity index (χ1n) is 7.36. The second-order valence-corrected chi connectivity index (χ2v) is 5.17. The van der Waals surface area contributed by atoms with Crippen molar-refractivity contribution in [2.45, 2.75) is 6.61 Å². The lowest BCUT2D eigenvalue weighted by Gasteiger charge is -2.11. The van der Waals surface area contributed by atoms with E-state index in [0.717, 1.165) is 12.1 Å². The van der Waals surface area contributed by atoms with Crippen LogP contribution in [0.3, 0.4) is 0 Å². The molecule has 0 bridgehead atoms. The Morgan fingerprint density at radius 1 is 1.08 bits per heavy atom. The average Bonchev–Trinajstić information content (AvgIpc) is 3.06. The molecular formula is C18H15F2NO4. The zero-order valence-corrected chi connectivity index (χ0v) is 13.5. The van der Waals surface area contributed by atoms with Gasteiger partial charge < -0.3 is 19.1 Å². The molecule has 0 spiro atoms. The van der Waals surface area contributed by atoms with Crippen molar-refractivity contribution in [3.05, 3.63) is 53.6 Å². The summed E-state index contributed by atoms with van der Waals surface area (Å²) < 4.78 is 42.6. The quantitative estimate of drug-likeness (QED) is 0.761. The smallest absolute Gasteiger partial charge is 0.173 e. The number of ether oxygens (including phenoxy) is 2. The molecule has 0 amide bonds. The van der Waals surface area contributed by atoms with Crippen LogP contribution < -0.4 is 9.47 Å². The second kappa shape index (κ2) is 6.90. The van der Waals surface area contributed by atoms with Crippen molar-refractivity contribution < 1.29 is 27.9 Å². The zero-order valence-electron chi connectivity index (χ0n) is 13.5. The molecule has 2 aromatic carbocycles. The van der Waals surface area contributed by atoms with Crippen LogP contribution >= 0.6 is 0 Å². The highest BCUT2D eigenvalue weighted by Crippen LogP contribution is 2.41. The average molecular weight is 347 g/mol. The fourth-order valence-electron chi connectivity index (χ4n) is 2.61. The molecule has 0 saturated carbocycles. The molecule has 1 N–H and O–H groups in total. The van der Waals surface area contributed by atoms with Gasteiger partial charge in [0, 0.05) is 5.56 Å². The third-order valence-electron chi connectivity index (χ3n) is 3.79. The van der Waals surface area contributed by atoms with E-state index >= 15 is 0 Å². The van der Waals surface area contributed by atoms with Gasteiger partial charge in [0.25, 0.3) is 0 Å². The highest BCUT2D eigenvalue weighted by atomic mass is 19.2. The van der Waals surface area contributed by atoms with Crippen molar-refractivity contribution >= 4 is 0 Å². The van der Waals surface area contributed by atoms with E-state index in [9.17, 15) is 13.9 Å². The van der Waals surface area contributed by atoms with Gasteiger partial charge >= 0.3 is 0 Å². The molecule has 0 aliphatic heterocycles. The third-order valence-corrected chi connectivity index (χ3v) is 3.79. The predicted octanol–water partition coefficient (Wildman–Crippen LogP) is 3.80. The van der Waals surface area contributed by atoms with Crippen molar-refractivity contribution in [1.82, 2.24) is 5.16 Å². The minimum absolute atomic E-state index is 0.154. The molecule has 7 heteroatoms. The zero-order chi connectivity index (χ0) is 18.0. The van der Waals surface area contributed by atoms with Gasteiger partial charge in [0.05, 0.1) is 32.0 Å². The van der Waals surface area contributed by atoms with E-state index in [0.29, 0.717) is 28.3 Å². The van der Waals surface area contributed by atoms with Gasteiger partial charge in [-0.2, -0.15) is 0 Å². The Balaban J connectivity index is 2.17. The number of rotatable bonds is 5. The molecule has 0 aliphatic rings. The maximum absolute atomic E-state index is 13.5. The van der Waals surface area contributed by atoms with Crippen molar-refractivity contribution in [2.24, 2.45) is 0 Å². The summed E-state index contributed by atoms with van der Waals surface area (Å²) in [5.74, 6) is -0.922. The molecule has 5 nitrogen and oxygen atoms in total. The van der Waals surface area contributed by atoms with Crippen LogP contribution in [0.5, 0.6) is 11.5 Å². The molecule has 1 aromatic heterocycles. The van der Waals surface area contributed by atoms with E-state index in [1.807, 2.05) is 0 Å². The standard InChI is InChI=1S/C18H15F2NO4/c1-23-15-5-3-4-11(18(15)24-2)16-12(9-22)17(25-21-16)10-6-7-13(19)14(20)8-10/h3-8,22H,9H2,1-2H3. The molecule has 0 aliphatic carbocycles. The number of aliphatic hydroxyl groups excluding tert-OH is 1. The van der Waals surface area contributed by atoms with Crippen LogP contribution in [0.1, 0.15) is 5.56 Å². The molecule has 130 valence electrons. The number of nitrogens with zero attached hydrogens (tertiary/aromatic N) is 1. The number of aromatic nitrogens is 1. The van der Waals surface area contributed by atoms with Gasteiger partial charge in [-0.15, -0.1) is 0 Å². The van der Waals surface area contributed by atoms with Gasteiger partial charge in [-0.3, -0.25) is 0 Å². The van der Waals surface area contributed by atoms with Crippen LogP contribution in [0, 0.1) is 11.6 Å². The minimum atomic E-state index is -1.02. The lowest BCUT2D eigenvalue weighted by molar-refractivity contribution is 0.281. The molecule has 25 heavy (non-hydrogen) atoms. The Bertz CT molecular complexity index is 908. The molecule has 0 saturated heterocycles. The second-order valence-electron chi connectivity index (χ2n) is 5.17. The summed E-state index contributed by atoms with van der Waals surface area (Å²) in [7, 11) is 2.99. The van der Waals surface area contributed by atoms with Crippen LogP contribution in [0.4, 0.5) is 8.78 Å². The van der Waals surface area contributed by atoms with Crippen LogP contribution in [0.2, 0.25) is 0 Å². The molecule has 0 radical (unpaired) electrons. The van der Waals surface area contributed by atoms with Gasteiger partial charge in [-0.05, 0) is 30.3 Å². The molecule has 0 fully saturated rings. The third kappa shape index (κ3) is 2.94. The summed E-state index contributed by atoms with van der Waals surface area (Å²) in [6, 6.07) is 8.51. The first kappa shape index (κ1) is 16.9. The lowest BCUT2D eigenvalue weighted by Crippen LogP contribution is -1.96. The van der Waals surface area contributed by atoms with Gasteiger partial charge in [-0.1, -0.05) is 11.2 Å². The number of halogens is 2. The van der Waals surface area contributed by atoms with Crippen molar-refractivity contribution in [2.75, 3.05) is 14.2 Å². The van der Waals surface area contributed by atoms with E-state index in [-0.39, 0.29) is 11.3 Å². The molecule has 0 atom stereocenters. The highest BCUT2D eigenvalue weighted by Gasteiger charge is 2.23. The maximum atomic E-state index is 13.5. The largest absolute Gasteiger partial charge is 0.493 e. The summed E-state index contributed by atoms with van der Waals surface area (Å²) >= 11 is 0. The monoisotopic (exact) mass is 347 g/mol. The summed E-state index contributed by atoms with van der Waals surface area (Å²) in [5.41, 5.74) is 1.47. The van der Waals surface area contributed by atoms with Crippen LogP contribution in [-0.4, -0.2) is 24.5 Å². The van der Waals surface area contributed by atoms with E-state index in [4.69, 9.17) is 14.0 Å². The van der Waals surface area contributed by atoms with Gasteiger partial charge in [-0.25, -0.2) is 8.78 Å². The summed E-state index contributed by atoms with van der Waals surface area (Å²) in [4.78, 5) is 0. The van der Waals surface area contributed by atoms with Gasteiger partial charge in [0.2, 0.25) is 0 Å². The minimum Gasteiger partial charge on any atom is -0.493 e. The number of hydrogen-bond acceptors (Lipinski definition) is 5. The van der Waals surface area contributed by atoms with Gasteiger partial charge in [0.15, 0.2) is 28.9 Å². The Morgan fingerprint density at radius 2 is 1.88 bits per heavy atom. The Kier molecular flexibility index (Phi) is 4.67. The fraction of sp³-hybridized carbons (Fsp3) is 0.167. The first-order chi connectivity index (χ1) is 12.1. The summed E-state index contributed by atoms with van der Waals surface area (Å²) in [5, 5.41) is 13.8. The summed E-state index contributed by atoms with van der Waals surface area (Å²) in [6.45, 7) is -0.409. The molecular weight excluding hydrogens is 332 g/mol. The first-order valence-corrected chi connectivity index (χ1v) is 7.36. The van der Waals surface area contributed by atoms with E-state index in [1.165, 1.54) is 20.3 Å². The lowest BCUT2D eigenvalue weighted by atomic mass is 10.0. The maximum Gasteiger partial charge on any atom is 0.173 e. The SMILES string of the molecule is COc1cccc(-c2noc(-c3ccc(F)c(F)c3)c2CO)c1OC. The van der Waals surface area contributed by atoms with E-state index < -0.39 is 18.2 Å². The number of hydrogen-bond donors (Lipinski definition) is 1. The number of benzene rings is 2. The Hall–Kier alpha value is -2.93. The highest BCUT2D eigenvalue weighted by molar-refractivity contribution is 5.78. The molecule has 1 heterocycles. The predicted molar refractivity (Wildman–Crippen MR) is 86.3 cm³/mol. The molecule has 3 aromatic rings. The van der Waals surface area contributed by atoms with Crippen LogP contribution in [0.25, 0.3) is 22.6 Å². The van der Waals surface area contributed by atoms with Crippen molar-refractivity contribution in [3.63, 3.8) is 0 Å². The van der Waals surface area contributed by atoms with Gasteiger partial charge in [0.1, 0.15) is 5.69 Å². The van der Waals surface area contributed by atoms with Crippen LogP contribution in [-0.2, 0) is 6.61 Å². The Morgan fingerprint density at radius 3 is 2.52 bits per heavy atom. The number of aliphatic hydroxyl groups is 1. The Labute approximate surface area is 142 Å². The van der Waals surface area contributed by atoms with Crippen molar-refractivity contribution in [3.8, 4) is 34.1 Å². The fourth-order valence-corrected chi connectivity index (χ4v) is 2.61. The molecule has 3 rings (SSSR count).